The van der Waals surface area contributed by atoms with E-state index in [2.05, 4.69) is 37.6 Å². The molecule has 0 amide bonds. The van der Waals surface area contributed by atoms with E-state index in [0.29, 0.717) is 28.9 Å². The fraction of sp³-hybridized carbons (Fsp3) is 0.545. The second kappa shape index (κ2) is 10.7. The quantitative estimate of drug-likeness (QED) is 0.510. The lowest BCUT2D eigenvalue weighted by atomic mass is 9.95. The summed E-state index contributed by atoms with van der Waals surface area (Å²) in [6, 6.07) is 7.76. The maximum absolute atomic E-state index is 12.6. The van der Waals surface area contributed by atoms with Crippen molar-refractivity contribution >= 4 is 11.8 Å². The van der Waals surface area contributed by atoms with Gasteiger partial charge in [0.25, 0.3) is 0 Å². The Kier molecular flexibility index (Phi) is 7.95. The summed E-state index contributed by atoms with van der Waals surface area (Å²) < 4.78 is 41.9. The summed E-state index contributed by atoms with van der Waals surface area (Å²) in [6.07, 6.45) is -0.465. The highest BCUT2D eigenvalue weighted by atomic mass is 19.4. The van der Waals surface area contributed by atoms with Gasteiger partial charge in [0.15, 0.2) is 0 Å². The molecular formula is C22H30F3N5O. The zero-order chi connectivity index (χ0) is 22.3. The number of aromatic nitrogens is 2. The summed E-state index contributed by atoms with van der Waals surface area (Å²) in [7, 11) is 0. The molecule has 170 valence electrons. The zero-order valence-corrected chi connectivity index (χ0v) is 17.9. The van der Waals surface area contributed by atoms with Crippen molar-refractivity contribution < 1.29 is 17.9 Å². The first-order valence-corrected chi connectivity index (χ1v) is 10.8. The molecule has 0 unspecified atom stereocenters. The molecule has 2 heterocycles. The molecule has 6 nitrogen and oxygen atoms in total. The van der Waals surface area contributed by atoms with Gasteiger partial charge in [-0.1, -0.05) is 19.1 Å². The Morgan fingerprint density at radius 2 is 1.97 bits per heavy atom. The number of anilines is 2. The standard InChI is InChI=1S/C22H30F3N5O/c1-3-15(2)28-21-29-19(17-5-4-6-18(13-17)31-22(23,24)25)14-20(30-21)27-12-9-16-7-10-26-11-8-16/h4-6,13-16,26H,3,7-12H2,1-2H3,(H2,27,28,29,30)/t15-/m0/s1. The third-order valence-corrected chi connectivity index (χ3v) is 5.39. The highest BCUT2D eigenvalue weighted by Gasteiger charge is 2.31. The molecule has 3 N–H and O–H groups in total. The fourth-order valence-corrected chi connectivity index (χ4v) is 3.50. The van der Waals surface area contributed by atoms with Crippen LogP contribution in [-0.2, 0) is 0 Å². The van der Waals surface area contributed by atoms with E-state index in [1.54, 1.807) is 12.1 Å². The van der Waals surface area contributed by atoms with Crippen molar-refractivity contribution in [3.05, 3.63) is 30.3 Å². The Morgan fingerprint density at radius 3 is 2.68 bits per heavy atom. The van der Waals surface area contributed by atoms with Gasteiger partial charge in [-0.15, -0.1) is 13.2 Å². The lowest BCUT2D eigenvalue weighted by molar-refractivity contribution is -0.274. The number of alkyl halides is 3. The van der Waals surface area contributed by atoms with E-state index < -0.39 is 6.36 Å². The topological polar surface area (TPSA) is 71.1 Å². The number of rotatable bonds is 9. The van der Waals surface area contributed by atoms with Gasteiger partial charge in [0, 0.05) is 24.2 Å². The Hall–Kier alpha value is -2.55. The van der Waals surface area contributed by atoms with E-state index in [4.69, 9.17) is 0 Å². The third-order valence-electron chi connectivity index (χ3n) is 5.39. The van der Waals surface area contributed by atoms with Gasteiger partial charge < -0.3 is 20.7 Å². The average molecular weight is 438 g/mol. The average Bonchev–Trinajstić information content (AvgIpc) is 2.73. The van der Waals surface area contributed by atoms with Crippen LogP contribution in [0.3, 0.4) is 0 Å². The Bertz CT molecular complexity index is 840. The summed E-state index contributed by atoms with van der Waals surface area (Å²) in [6.45, 7) is 6.97. The maximum atomic E-state index is 12.6. The number of hydrogen-bond acceptors (Lipinski definition) is 6. The van der Waals surface area contributed by atoms with Crippen LogP contribution in [0, 0.1) is 5.92 Å². The number of hydrogen-bond donors (Lipinski definition) is 3. The first-order chi connectivity index (χ1) is 14.8. The predicted molar refractivity (Wildman–Crippen MR) is 116 cm³/mol. The molecule has 0 aliphatic carbocycles. The number of ether oxygens (including phenoxy) is 1. The molecule has 0 saturated carbocycles. The van der Waals surface area contributed by atoms with Gasteiger partial charge in [-0.25, -0.2) is 4.98 Å². The minimum atomic E-state index is -4.74. The van der Waals surface area contributed by atoms with Crippen molar-refractivity contribution in [1.82, 2.24) is 15.3 Å². The first kappa shape index (κ1) is 23.1. The molecule has 0 bridgehead atoms. The van der Waals surface area contributed by atoms with Crippen LogP contribution in [0.4, 0.5) is 24.9 Å². The van der Waals surface area contributed by atoms with E-state index in [-0.39, 0.29) is 11.8 Å². The van der Waals surface area contributed by atoms with Gasteiger partial charge in [0.1, 0.15) is 11.6 Å². The van der Waals surface area contributed by atoms with E-state index in [1.165, 1.54) is 31.0 Å². The molecule has 1 aliphatic heterocycles. The van der Waals surface area contributed by atoms with Crippen LogP contribution in [-0.4, -0.2) is 42.0 Å². The Labute approximate surface area is 181 Å². The van der Waals surface area contributed by atoms with Crippen LogP contribution in [0.5, 0.6) is 5.75 Å². The van der Waals surface area contributed by atoms with Crippen molar-refractivity contribution in [2.45, 2.75) is 51.9 Å². The molecule has 1 aliphatic rings. The summed E-state index contributed by atoms with van der Waals surface area (Å²) in [5, 5.41) is 9.99. The van der Waals surface area contributed by atoms with E-state index in [1.807, 2.05) is 6.92 Å². The number of nitrogens with zero attached hydrogens (tertiary/aromatic N) is 2. The molecule has 1 atom stereocenters. The molecule has 3 rings (SSSR count). The minimum Gasteiger partial charge on any atom is -0.406 e. The van der Waals surface area contributed by atoms with E-state index in [9.17, 15) is 13.2 Å². The van der Waals surface area contributed by atoms with Gasteiger partial charge in [0.2, 0.25) is 5.95 Å². The molecule has 0 spiro atoms. The second-order valence-corrected chi connectivity index (χ2v) is 7.90. The summed E-state index contributed by atoms with van der Waals surface area (Å²) >= 11 is 0. The Morgan fingerprint density at radius 1 is 1.19 bits per heavy atom. The molecule has 1 aromatic carbocycles. The minimum absolute atomic E-state index is 0.165. The second-order valence-electron chi connectivity index (χ2n) is 7.90. The van der Waals surface area contributed by atoms with E-state index in [0.717, 1.165) is 32.5 Å². The summed E-state index contributed by atoms with van der Waals surface area (Å²) in [5.74, 6) is 1.50. The molecule has 1 fully saturated rings. The highest BCUT2D eigenvalue weighted by molar-refractivity contribution is 5.66. The van der Waals surface area contributed by atoms with Crippen LogP contribution in [0.2, 0.25) is 0 Å². The highest BCUT2D eigenvalue weighted by Crippen LogP contribution is 2.29. The number of halogens is 3. The van der Waals surface area contributed by atoms with Crippen molar-refractivity contribution in [2.75, 3.05) is 30.3 Å². The number of piperidine rings is 1. The molecule has 31 heavy (non-hydrogen) atoms. The molecule has 1 aromatic heterocycles. The van der Waals surface area contributed by atoms with Crippen LogP contribution >= 0.6 is 0 Å². The van der Waals surface area contributed by atoms with Gasteiger partial charge in [-0.3, -0.25) is 0 Å². The van der Waals surface area contributed by atoms with Crippen molar-refractivity contribution in [3.8, 4) is 17.0 Å². The molecule has 1 saturated heterocycles. The third kappa shape index (κ3) is 7.57. The molecule has 9 heteroatoms. The van der Waals surface area contributed by atoms with Crippen molar-refractivity contribution in [2.24, 2.45) is 5.92 Å². The van der Waals surface area contributed by atoms with Gasteiger partial charge >= 0.3 is 6.36 Å². The normalized spacial score (nSPS) is 16.0. The molecule has 0 radical (unpaired) electrons. The largest absolute Gasteiger partial charge is 0.573 e. The van der Waals surface area contributed by atoms with Crippen LogP contribution in [0.15, 0.2) is 30.3 Å². The van der Waals surface area contributed by atoms with Crippen LogP contribution in [0.25, 0.3) is 11.3 Å². The monoisotopic (exact) mass is 437 g/mol. The summed E-state index contributed by atoms with van der Waals surface area (Å²) in [4.78, 5) is 9.07. The fourth-order valence-electron chi connectivity index (χ4n) is 3.50. The van der Waals surface area contributed by atoms with Gasteiger partial charge in [0.05, 0.1) is 5.69 Å². The SMILES string of the molecule is CC[C@H](C)Nc1nc(NCCC2CCNCC2)cc(-c2cccc(OC(F)(F)F)c2)n1. The zero-order valence-electron chi connectivity index (χ0n) is 17.9. The van der Waals surface area contributed by atoms with Crippen LogP contribution in [0.1, 0.15) is 39.5 Å². The van der Waals surface area contributed by atoms with Crippen LogP contribution < -0.4 is 20.7 Å². The lowest BCUT2D eigenvalue weighted by Crippen LogP contribution is -2.28. The number of nitrogens with one attached hydrogen (secondary N) is 3. The van der Waals surface area contributed by atoms with Gasteiger partial charge in [-0.2, -0.15) is 4.98 Å². The Balaban J connectivity index is 1.78. The smallest absolute Gasteiger partial charge is 0.406 e. The maximum Gasteiger partial charge on any atom is 0.573 e. The lowest BCUT2D eigenvalue weighted by Gasteiger charge is -2.22. The number of benzene rings is 1. The van der Waals surface area contributed by atoms with E-state index >= 15 is 0 Å². The first-order valence-electron chi connectivity index (χ1n) is 10.8. The van der Waals surface area contributed by atoms with Crippen molar-refractivity contribution in [3.63, 3.8) is 0 Å². The van der Waals surface area contributed by atoms with Crippen molar-refractivity contribution in [1.29, 1.82) is 0 Å². The summed E-state index contributed by atoms with van der Waals surface area (Å²) in [5.41, 5.74) is 1.05. The molecular weight excluding hydrogens is 407 g/mol. The van der Waals surface area contributed by atoms with Gasteiger partial charge in [-0.05, 0) is 63.7 Å². The predicted octanol–water partition coefficient (Wildman–Crippen LogP) is 5.05. The molecule has 2 aromatic rings.